The number of hydrogen-bond acceptors (Lipinski definition) is 6. The minimum absolute atomic E-state index is 0.0160. The summed E-state index contributed by atoms with van der Waals surface area (Å²) in [6.45, 7) is 6.54. The van der Waals surface area contributed by atoms with E-state index in [0.29, 0.717) is 36.4 Å². The van der Waals surface area contributed by atoms with Crippen molar-refractivity contribution in [2.45, 2.75) is 39.3 Å². The van der Waals surface area contributed by atoms with Crippen molar-refractivity contribution in [3.63, 3.8) is 0 Å². The average molecular weight is 424 g/mol. The van der Waals surface area contributed by atoms with Crippen molar-refractivity contribution in [3.05, 3.63) is 65.0 Å². The number of methoxy groups -OCH3 is 1. The van der Waals surface area contributed by atoms with E-state index in [9.17, 15) is 14.7 Å². The van der Waals surface area contributed by atoms with Crippen molar-refractivity contribution in [2.24, 2.45) is 0 Å². The standard InChI is InChI=1S/C24H28N2O5/c1-15(2)31-19-7-6-18(14-16(19)3)22(27)20-21(17-8-10-25-11-9-17)26(12-5-13-30-4)24(29)23(20)28/h6-11,14-15,21,27H,5,12-13H2,1-4H3. The predicted molar refractivity (Wildman–Crippen MR) is 117 cm³/mol. The summed E-state index contributed by atoms with van der Waals surface area (Å²) in [6, 6.07) is 8.03. The number of ketones is 1. The molecule has 2 heterocycles. The van der Waals surface area contributed by atoms with Gasteiger partial charge in [0.1, 0.15) is 11.5 Å². The van der Waals surface area contributed by atoms with Crippen molar-refractivity contribution >= 4 is 17.4 Å². The van der Waals surface area contributed by atoms with E-state index < -0.39 is 17.7 Å². The highest BCUT2D eigenvalue weighted by Crippen LogP contribution is 2.39. The normalized spacial score (nSPS) is 18.1. The number of Topliss-reactive ketones (excluding diaryl/α,β-unsaturated/α-hetero) is 1. The van der Waals surface area contributed by atoms with Gasteiger partial charge < -0.3 is 19.5 Å². The highest BCUT2D eigenvalue weighted by molar-refractivity contribution is 6.46. The van der Waals surface area contributed by atoms with Crippen molar-refractivity contribution in [2.75, 3.05) is 20.3 Å². The molecule has 1 aromatic heterocycles. The maximum Gasteiger partial charge on any atom is 0.295 e. The van der Waals surface area contributed by atoms with Crippen LogP contribution in [0.2, 0.25) is 0 Å². The fourth-order valence-electron chi connectivity index (χ4n) is 3.72. The number of aliphatic hydroxyl groups is 1. The second-order valence-corrected chi connectivity index (χ2v) is 7.77. The number of aryl methyl sites for hydroxylation is 1. The maximum absolute atomic E-state index is 13.0. The van der Waals surface area contributed by atoms with Gasteiger partial charge in [0, 0.05) is 38.2 Å². The molecule has 164 valence electrons. The van der Waals surface area contributed by atoms with Gasteiger partial charge in [-0.2, -0.15) is 0 Å². The monoisotopic (exact) mass is 424 g/mol. The van der Waals surface area contributed by atoms with Gasteiger partial charge in [0.15, 0.2) is 0 Å². The van der Waals surface area contributed by atoms with E-state index in [1.165, 1.54) is 4.90 Å². The molecule has 1 aromatic carbocycles. The molecule has 31 heavy (non-hydrogen) atoms. The van der Waals surface area contributed by atoms with Crippen LogP contribution < -0.4 is 4.74 Å². The lowest BCUT2D eigenvalue weighted by atomic mass is 9.95. The molecule has 0 spiro atoms. The van der Waals surface area contributed by atoms with Crippen LogP contribution in [-0.2, 0) is 14.3 Å². The quantitative estimate of drug-likeness (QED) is 0.301. The number of aliphatic hydroxyl groups excluding tert-OH is 1. The Balaban J connectivity index is 2.07. The van der Waals surface area contributed by atoms with Crippen LogP contribution in [-0.4, -0.2) is 53.0 Å². The molecular formula is C24H28N2O5. The number of carbonyl (C=O) groups excluding carboxylic acids is 2. The number of carbonyl (C=O) groups is 2. The third kappa shape index (κ3) is 4.77. The van der Waals surface area contributed by atoms with Crippen LogP contribution in [0, 0.1) is 6.92 Å². The largest absolute Gasteiger partial charge is 0.507 e. The zero-order valence-corrected chi connectivity index (χ0v) is 18.3. The van der Waals surface area contributed by atoms with Gasteiger partial charge in [-0.05, 0) is 68.7 Å². The molecule has 0 bridgehead atoms. The third-order valence-electron chi connectivity index (χ3n) is 5.12. The average Bonchev–Trinajstić information content (AvgIpc) is 3.00. The fraction of sp³-hybridized carbons (Fsp3) is 0.375. The van der Waals surface area contributed by atoms with Crippen molar-refractivity contribution in [1.29, 1.82) is 0 Å². The summed E-state index contributed by atoms with van der Waals surface area (Å²) in [4.78, 5) is 31.3. The smallest absolute Gasteiger partial charge is 0.295 e. The zero-order chi connectivity index (χ0) is 22.5. The first-order chi connectivity index (χ1) is 14.8. The number of amides is 1. The Bertz CT molecular complexity index is 985. The Morgan fingerprint density at radius 2 is 1.90 bits per heavy atom. The molecule has 0 aliphatic carbocycles. The Morgan fingerprint density at radius 1 is 1.19 bits per heavy atom. The third-order valence-corrected chi connectivity index (χ3v) is 5.12. The minimum atomic E-state index is -0.697. The van der Waals surface area contributed by atoms with Gasteiger partial charge in [0.05, 0.1) is 17.7 Å². The van der Waals surface area contributed by atoms with E-state index in [0.717, 1.165) is 5.56 Å². The molecule has 1 atom stereocenters. The summed E-state index contributed by atoms with van der Waals surface area (Å²) >= 11 is 0. The van der Waals surface area contributed by atoms with E-state index in [1.807, 2.05) is 20.8 Å². The first-order valence-electron chi connectivity index (χ1n) is 10.3. The van der Waals surface area contributed by atoms with Crippen LogP contribution >= 0.6 is 0 Å². The molecule has 1 unspecified atom stereocenters. The van der Waals surface area contributed by atoms with Gasteiger partial charge >= 0.3 is 0 Å². The fourth-order valence-corrected chi connectivity index (χ4v) is 3.72. The van der Waals surface area contributed by atoms with Crippen LogP contribution in [0.1, 0.15) is 43.0 Å². The topological polar surface area (TPSA) is 89.0 Å². The highest BCUT2D eigenvalue weighted by atomic mass is 16.5. The Morgan fingerprint density at radius 3 is 2.52 bits per heavy atom. The van der Waals surface area contributed by atoms with E-state index in [2.05, 4.69) is 4.98 Å². The second-order valence-electron chi connectivity index (χ2n) is 7.77. The van der Waals surface area contributed by atoms with E-state index in [4.69, 9.17) is 9.47 Å². The molecule has 2 aromatic rings. The molecule has 3 rings (SSSR count). The summed E-state index contributed by atoms with van der Waals surface area (Å²) in [5.74, 6) is -0.821. The molecule has 0 radical (unpaired) electrons. The zero-order valence-electron chi connectivity index (χ0n) is 18.3. The van der Waals surface area contributed by atoms with Gasteiger partial charge in [-0.15, -0.1) is 0 Å². The lowest BCUT2D eigenvalue weighted by Gasteiger charge is -2.25. The highest BCUT2D eigenvalue weighted by Gasteiger charge is 2.45. The van der Waals surface area contributed by atoms with Gasteiger partial charge in [0.2, 0.25) is 0 Å². The lowest BCUT2D eigenvalue weighted by Crippen LogP contribution is -2.31. The molecule has 1 saturated heterocycles. The first-order valence-corrected chi connectivity index (χ1v) is 10.3. The number of likely N-dealkylation sites (tertiary alicyclic amines) is 1. The lowest BCUT2D eigenvalue weighted by molar-refractivity contribution is -0.140. The number of nitrogens with zero attached hydrogens (tertiary/aromatic N) is 2. The van der Waals surface area contributed by atoms with Crippen molar-refractivity contribution < 1.29 is 24.2 Å². The van der Waals surface area contributed by atoms with Gasteiger partial charge in [-0.3, -0.25) is 14.6 Å². The Kier molecular flexibility index (Phi) is 7.07. The number of ether oxygens (including phenoxy) is 2. The van der Waals surface area contributed by atoms with Crippen molar-refractivity contribution in [3.8, 4) is 5.75 Å². The number of hydrogen-bond donors (Lipinski definition) is 1. The van der Waals surface area contributed by atoms with Crippen molar-refractivity contribution in [1.82, 2.24) is 9.88 Å². The number of benzene rings is 1. The molecule has 1 amide bonds. The van der Waals surface area contributed by atoms with Crippen LogP contribution in [0.15, 0.2) is 48.3 Å². The molecule has 1 aliphatic heterocycles. The molecule has 7 nitrogen and oxygen atoms in total. The van der Waals surface area contributed by atoms with Gasteiger partial charge in [-0.1, -0.05) is 0 Å². The predicted octanol–water partition coefficient (Wildman–Crippen LogP) is 3.64. The SMILES string of the molecule is COCCCN1C(=O)C(=O)C(=C(O)c2ccc(OC(C)C)c(C)c2)C1c1ccncc1. The number of pyridine rings is 1. The molecule has 7 heteroatoms. The molecule has 1 aliphatic rings. The molecule has 1 N–H and O–H groups in total. The van der Waals surface area contributed by atoms with E-state index in [-0.39, 0.29) is 17.4 Å². The summed E-state index contributed by atoms with van der Waals surface area (Å²) in [7, 11) is 1.59. The summed E-state index contributed by atoms with van der Waals surface area (Å²) in [5, 5.41) is 11.1. The molecular weight excluding hydrogens is 396 g/mol. The van der Waals surface area contributed by atoms with Crippen LogP contribution in [0.25, 0.3) is 5.76 Å². The number of aromatic nitrogens is 1. The van der Waals surface area contributed by atoms with Crippen LogP contribution in [0.4, 0.5) is 0 Å². The van der Waals surface area contributed by atoms with Gasteiger partial charge in [-0.25, -0.2) is 0 Å². The molecule has 1 fully saturated rings. The summed E-state index contributed by atoms with van der Waals surface area (Å²) in [5.41, 5.74) is 2.07. The summed E-state index contributed by atoms with van der Waals surface area (Å²) in [6.07, 6.45) is 3.80. The Labute approximate surface area is 182 Å². The molecule has 0 saturated carbocycles. The minimum Gasteiger partial charge on any atom is -0.507 e. The maximum atomic E-state index is 13.0. The van der Waals surface area contributed by atoms with E-state index >= 15 is 0 Å². The second kappa shape index (κ2) is 9.75. The van der Waals surface area contributed by atoms with E-state index in [1.54, 1.807) is 49.8 Å². The Hall–Kier alpha value is -3.19. The summed E-state index contributed by atoms with van der Waals surface area (Å²) < 4.78 is 10.9. The van der Waals surface area contributed by atoms with Gasteiger partial charge in [0.25, 0.3) is 11.7 Å². The number of rotatable bonds is 8. The first kappa shape index (κ1) is 22.5. The van der Waals surface area contributed by atoms with Crippen LogP contribution in [0.5, 0.6) is 5.75 Å². The van der Waals surface area contributed by atoms with Crippen LogP contribution in [0.3, 0.4) is 0 Å².